The molecule has 3 rings (SSSR count). The maximum atomic E-state index is 12.1. The van der Waals surface area contributed by atoms with Gasteiger partial charge in [0.2, 0.25) is 5.91 Å². The molecule has 4 nitrogen and oxygen atoms in total. The Kier molecular flexibility index (Phi) is 6.77. The summed E-state index contributed by atoms with van der Waals surface area (Å²) in [6.07, 6.45) is 0. The van der Waals surface area contributed by atoms with E-state index in [1.54, 1.807) is 11.8 Å². The zero-order chi connectivity index (χ0) is 18.9. The van der Waals surface area contributed by atoms with Crippen molar-refractivity contribution in [2.24, 2.45) is 10.2 Å². The lowest BCUT2D eigenvalue weighted by Gasteiger charge is -2.07. The Hall–Kier alpha value is -2.92. The summed E-state index contributed by atoms with van der Waals surface area (Å²) >= 11 is 1.61. The van der Waals surface area contributed by atoms with E-state index in [9.17, 15) is 4.79 Å². The Labute approximate surface area is 163 Å². The first-order valence-electron chi connectivity index (χ1n) is 8.70. The third kappa shape index (κ3) is 6.08. The van der Waals surface area contributed by atoms with Gasteiger partial charge in [-0.3, -0.25) is 4.79 Å². The molecule has 0 aliphatic rings. The lowest BCUT2D eigenvalue weighted by atomic mass is 10.1. The van der Waals surface area contributed by atoms with Gasteiger partial charge in [-0.25, -0.2) is 0 Å². The zero-order valence-corrected chi connectivity index (χ0v) is 15.9. The normalized spacial score (nSPS) is 10.9. The van der Waals surface area contributed by atoms with Gasteiger partial charge in [0.15, 0.2) is 0 Å². The Balaban J connectivity index is 1.47. The minimum absolute atomic E-state index is 0.00718. The Morgan fingerprint density at radius 2 is 1.48 bits per heavy atom. The van der Waals surface area contributed by atoms with Crippen LogP contribution in [0.5, 0.6) is 0 Å². The summed E-state index contributed by atoms with van der Waals surface area (Å²) in [5, 5.41) is 11.3. The molecule has 0 saturated carbocycles. The number of aryl methyl sites for hydroxylation is 1. The van der Waals surface area contributed by atoms with Crippen LogP contribution in [0.2, 0.25) is 0 Å². The second-order valence-corrected chi connectivity index (χ2v) is 7.04. The molecule has 1 N–H and O–H groups in total. The van der Waals surface area contributed by atoms with Crippen molar-refractivity contribution >= 4 is 34.7 Å². The van der Waals surface area contributed by atoms with Crippen LogP contribution in [0.1, 0.15) is 11.1 Å². The van der Waals surface area contributed by atoms with Crippen LogP contribution in [-0.4, -0.2) is 11.7 Å². The molecule has 136 valence electrons. The van der Waals surface area contributed by atoms with Crippen LogP contribution < -0.4 is 5.32 Å². The number of nitrogens with one attached hydrogen (secondary N) is 1. The van der Waals surface area contributed by atoms with Gasteiger partial charge in [-0.2, -0.15) is 10.2 Å². The molecule has 5 heteroatoms. The maximum Gasteiger partial charge on any atom is 0.234 e. The molecule has 0 aromatic heterocycles. The molecule has 3 aromatic rings. The van der Waals surface area contributed by atoms with Crippen molar-refractivity contribution in [3.05, 3.63) is 90.0 Å². The van der Waals surface area contributed by atoms with Gasteiger partial charge >= 0.3 is 0 Å². The number of hydrogen-bond donors (Lipinski definition) is 1. The van der Waals surface area contributed by atoms with Gasteiger partial charge in [0.05, 0.1) is 17.1 Å². The second kappa shape index (κ2) is 9.69. The van der Waals surface area contributed by atoms with Crippen molar-refractivity contribution in [2.75, 3.05) is 11.1 Å². The van der Waals surface area contributed by atoms with Crippen molar-refractivity contribution in [1.29, 1.82) is 0 Å². The molecule has 0 bridgehead atoms. The largest absolute Gasteiger partial charge is 0.325 e. The third-order valence-electron chi connectivity index (χ3n) is 3.94. The van der Waals surface area contributed by atoms with E-state index in [2.05, 4.69) is 34.6 Å². The van der Waals surface area contributed by atoms with Crippen molar-refractivity contribution in [3.8, 4) is 0 Å². The number of nitrogens with zero attached hydrogens (tertiary/aromatic N) is 2. The summed E-state index contributed by atoms with van der Waals surface area (Å²) in [5.74, 6) is 1.25. The highest BCUT2D eigenvalue weighted by Crippen LogP contribution is 2.21. The topological polar surface area (TPSA) is 53.8 Å². The number of hydrogen-bond acceptors (Lipinski definition) is 4. The van der Waals surface area contributed by atoms with E-state index in [0.717, 1.165) is 22.8 Å². The van der Waals surface area contributed by atoms with Gasteiger partial charge in [0.25, 0.3) is 0 Å². The minimum atomic E-state index is -0.00718. The highest BCUT2D eigenvalue weighted by Gasteiger charge is 2.04. The van der Waals surface area contributed by atoms with Crippen LogP contribution in [0.25, 0.3) is 0 Å². The Morgan fingerprint density at radius 1 is 0.852 bits per heavy atom. The third-order valence-corrected chi connectivity index (χ3v) is 4.92. The first kappa shape index (κ1) is 18.9. The SMILES string of the molecule is Cc1ccccc1CSCC(=O)Nc1ccc(N=Nc2ccccc2)cc1. The number of amides is 1. The molecule has 0 aliphatic carbocycles. The van der Waals surface area contributed by atoms with Gasteiger partial charge in [0.1, 0.15) is 0 Å². The number of anilines is 1. The molecule has 0 saturated heterocycles. The first-order chi connectivity index (χ1) is 13.2. The number of azo groups is 1. The molecule has 27 heavy (non-hydrogen) atoms. The number of carbonyl (C=O) groups excluding carboxylic acids is 1. The van der Waals surface area contributed by atoms with Crippen molar-refractivity contribution < 1.29 is 4.79 Å². The monoisotopic (exact) mass is 375 g/mol. The van der Waals surface area contributed by atoms with E-state index in [0.29, 0.717) is 5.75 Å². The summed E-state index contributed by atoms with van der Waals surface area (Å²) in [4.78, 5) is 12.1. The predicted molar refractivity (Wildman–Crippen MR) is 113 cm³/mol. The predicted octanol–water partition coefficient (Wildman–Crippen LogP) is 6.28. The molecule has 0 atom stereocenters. The van der Waals surface area contributed by atoms with Crippen LogP contribution >= 0.6 is 11.8 Å². The number of thioether (sulfide) groups is 1. The highest BCUT2D eigenvalue weighted by atomic mass is 32.2. The smallest absolute Gasteiger partial charge is 0.234 e. The average molecular weight is 375 g/mol. The van der Waals surface area contributed by atoms with Gasteiger partial charge in [-0.15, -0.1) is 11.8 Å². The fourth-order valence-corrected chi connectivity index (χ4v) is 3.35. The second-order valence-electron chi connectivity index (χ2n) is 6.05. The summed E-state index contributed by atoms with van der Waals surface area (Å²) in [6, 6.07) is 25.2. The quantitative estimate of drug-likeness (QED) is 0.494. The van der Waals surface area contributed by atoms with E-state index in [1.807, 2.05) is 66.7 Å². The lowest BCUT2D eigenvalue weighted by Crippen LogP contribution is -2.14. The molecular weight excluding hydrogens is 354 g/mol. The first-order valence-corrected chi connectivity index (χ1v) is 9.85. The molecule has 0 radical (unpaired) electrons. The molecule has 3 aromatic carbocycles. The standard InChI is InChI=1S/C22H21N3OS/c1-17-7-5-6-8-18(17)15-27-16-22(26)23-19-11-13-21(14-12-19)25-24-20-9-3-2-4-10-20/h2-14H,15-16H2,1H3,(H,23,26). The van der Waals surface area contributed by atoms with Crippen LogP contribution in [0, 0.1) is 6.92 Å². The van der Waals surface area contributed by atoms with Crippen molar-refractivity contribution in [1.82, 2.24) is 0 Å². The van der Waals surface area contributed by atoms with E-state index < -0.39 is 0 Å². The van der Waals surface area contributed by atoms with E-state index >= 15 is 0 Å². The highest BCUT2D eigenvalue weighted by molar-refractivity contribution is 7.99. The van der Waals surface area contributed by atoms with Gasteiger partial charge < -0.3 is 5.32 Å². The molecule has 0 spiro atoms. The number of benzene rings is 3. The summed E-state index contributed by atoms with van der Waals surface area (Å²) in [7, 11) is 0. The number of rotatable bonds is 7. The molecule has 0 unspecified atom stereocenters. The lowest BCUT2D eigenvalue weighted by molar-refractivity contribution is -0.113. The maximum absolute atomic E-state index is 12.1. The fourth-order valence-electron chi connectivity index (χ4n) is 2.44. The van der Waals surface area contributed by atoms with E-state index in [1.165, 1.54) is 11.1 Å². The molecule has 1 amide bonds. The molecule has 0 heterocycles. The summed E-state index contributed by atoms with van der Waals surface area (Å²) in [5.41, 5.74) is 4.83. The van der Waals surface area contributed by atoms with Gasteiger partial charge in [0, 0.05) is 11.4 Å². The van der Waals surface area contributed by atoms with Crippen LogP contribution in [0.3, 0.4) is 0 Å². The molecule has 0 aliphatic heterocycles. The van der Waals surface area contributed by atoms with Gasteiger partial charge in [-0.1, -0.05) is 42.5 Å². The van der Waals surface area contributed by atoms with Crippen LogP contribution in [0.4, 0.5) is 17.1 Å². The molecule has 0 fully saturated rings. The van der Waals surface area contributed by atoms with Crippen LogP contribution in [0.15, 0.2) is 89.1 Å². The number of carbonyl (C=O) groups is 1. The summed E-state index contributed by atoms with van der Waals surface area (Å²) in [6.45, 7) is 2.09. The van der Waals surface area contributed by atoms with E-state index in [-0.39, 0.29) is 5.91 Å². The molecular formula is C22H21N3OS. The minimum Gasteiger partial charge on any atom is -0.325 e. The van der Waals surface area contributed by atoms with Crippen LogP contribution in [-0.2, 0) is 10.5 Å². The Morgan fingerprint density at radius 3 is 2.19 bits per heavy atom. The van der Waals surface area contributed by atoms with Gasteiger partial charge in [-0.05, 0) is 54.4 Å². The summed E-state index contributed by atoms with van der Waals surface area (Å²) < 4.78 is 0. The van der Waals surface area contributed by atoms with Crippen molar-refractivity contribution in [2.45, 2.75) is 12.7 Å². The fraction of sp³-hybridized carbons (Fsp3) is 0.136. The van der Waals surface area contributed by atoms with E-state index in [4.69, 9.17) is 0 Å². The zero-order valence-electron chi connectivity index (χ0n) is 15.1. The Bertz CT molecular complexity index is 908. The average Bonchev–Trinajstić information content (AvgIpc) is 2.70. The van der Waals surface area contributed by atoms with Crippen molar-refractivity contribution in [3.63, 3.8) is 0 Å².